The fourth-order valence-corrected chi connectivity index (χ4v) is 4.08. The molecule has 0 aliphatic carbocycles. The zero-order chi connectivity index (χ0) is 23.1. The zero-order valence-electron chi connectivity index (χ0n) is 17.5. The number of rotatable bonds is 4. The summed E-state index contributed by atoms with van der Waals surface area (Å²) in [6, 6.07) is 6.26. The van der Waals surface area contributed by atoms with E-state index in [0.29, 0.717) is 10.7 Å². The van der Waals surface area contributed by atoms with Gasteiger partial charge in [-0.2, -0.15) is 13.2 Å². The van der Waals surface area contributed by atoms with E-state index in [0.717, 1.165) is 28.3 Å². The smallest absolute Gasteiger partial charge is 0.378 e. The highest BCUT2D eigenvalue weighted by molar-refractivity contribution is 7.15. The monoisotopic (exact) mass is 466 g/mol. The van der Waals surface area contributed by atoms with Crippen LogP contribution >= 0.6 is 11.3 Å². The van der Waals surface area contributed by atoms with Crippen molar-refractivity contribution in [3.05, 3.63) is 52.9 Å². The molecule has 0 bridgehead atoms. The number of ether oxygens (including phenoxy) is 2. The van der Waals surface area contributed by atoms with Crippen LogP contribution in [0.25, 0.3) is 10.4 Å². The molecule has 170 valence electrons. The summed E-state index contributed by atoms with van der Waals surface area (Å²) < 4.78 is 49.9. The van der Waals surface area contributed by atoms with Crippen molar-refractivity contribution >= 4 is 23.0 Å². The molecule has 3 heterocycles. The summed E-state index contributed by atoms with van der Waals surface area (Å²) in [5.41, 5.74) is -0.196. The number of hydrogen-bond donors (Lipinski definition) is 2. The zero-order valence-corrected chi connectivity index (χ0v) is 18.3. The lowest BCUT2D eigenvalue weighted by molar-refractivity contribution is -0.304. The summed E-state index contributed by atoms with van der Waals surface area (Å²) in [7, 11) is 0. The summed E-state index contributed by atoms with van der Waals surface area (Å²) in [4.78, 5) is 12.5. The number of aromatic nitrogens is 3. The maximum atomic E-state index is 12.9. The van der Waals surface area contributed by atoms with Crippen LogP contribution in [-0.4, -0.2) is 39.1 Å². The molecule has 3 aromatic rings. The predicted octanol–water partition coefficient (Wildman–Crippen LogP) is 4.64. The molecule has 0 atom stereocenters. The van der Waals surface area contributed by atoms with E-state index in [2.05, 4.69) is 20.3 Å². The van der Waals surface area contributed by atoms with Gasteiger partial charge in [-0.1, -0.05) is 6.07 Å². The van der Waals surface area contributed by atoms with Gasteiger partial charge in [-0.15, -0.1) is 11.3 Å². The van der Waals surface area contributed by atoms with E-state index in [9.17, 15) is 18.3 Å². The molecule has 2 aromatic heterocycles. The molecule has 1 aromatic carbocycles. The van der Waals surface area contributed by atoms with E-state index in [1.807, 2.05) is 13.0 Å². The van der Waals surface area contributed by atoms with Gasteiger partial charge in [-0.3, -0.25) is 0 Å². The Morgan fingerprint density at radius 2 is 1.84 bits per heavy atom. The fourth-order valence-electron chi connectivity index (χ4n) is 3.12. The molecule has 0 saturated carbocycles. The van der Waals surface area contributed by atoms with E-state index >= 15 is 0 Å². The van der Waals surface area contributed by atoms with Crippen molar-refractivity contribution in [1.82, 2.24) is 15.0 Å². The number of nitrogens with zero attached hydrogens (tertiary/aromatic N) is 3. The summed E-state index contributed by atoms with van der Waals surface area (Å²) in [5, 5.41) is 14.2. The minimum absolute atomic E-state index is 0.0560. The molecule has 11 heteroatoms. The fraction of sp³-hybridized carbons (Fsp3) is 0.381. The molecule has 7 nitrogen and oxygen atoms in total. The first-order valence-corrected chi connectivity index (χ1v) is 10.5. The van der Waals surface area contributed by atoms with Crippen molar-refractivity contribution in [3.8, 4) is 10.4 Å². The third-order valence-corrected chi connectivity index (χ3v) is 6.02. The Hall–Kier alpha value is -2.60. The van der Waals surface area contributed by atoms with Crippen LogP contribution < -0.4 is 5.32 Å². The molecular formula is C21H21F3N4O3S. The number of hydrogen-bond acceptors (Lipinski definition) is 8. The highest BCUT2D eigenvalue weighted by atomic mass is 32.1. The topological polar surface area (TPSA) is 89.4 Å². The van der Waals surface area contributed by atoms with Gasteiger partial charge in [-0.05, 0) is 50.1 Å². The van der Waals surface area contributed by atoms with Gasteiger partial charge in [0.15, 0.2) is 11.4 Å². The maximum Gasteiger partial charge on any atom is 0.433 e. The molecule has 1 fully saturated rings. The van der Waals surface area contributed by atoms with Gasteiger partial charge in [0.2, 0.25) is 5.95 Å². The summed E-state index contributed by atoms with van der Waals surface area (Å²) in [5.74, 6) is -0.927. The highest BCUT2D eigenvalue weighted by Crippen LogP contribution is 2.37. The molecule has 1 aliphatic rings. The normalized spacial score (nSPS) is 17.8. The van der Waals surface area contributed by atoms with Crippen LogP contribution in [0.4, 0.5) is 24.8 Å². The standard InChI is InChI=1S/C21H21F3N4O3S/c1-12-6-13(8-14(7-12)27-18-25-5-4-16(28-18)21(22,23)24)15-9-26-17(32-15)20(29)10-30-19(2,3)31-11-20/h4-9,29H,10-11H2,1-3H3,(H,25,27,28). The van der Waals surface area contributed by atoms with E-state index in [-0.39, 0.29) is 19.2 Å². The Balaban J connectivity index is 1.58. The summed E-state index contributed by atoms with van der Waals surface area (Å²) in [6.45, 7) is 5.52. The number of alkyl halides is 3. The summed E-state index contributed by atoms with van der Waals surface area (Å²) >= 11 is 1.29. The number of benzene rings is 1. The van der Waals surface area contributed by atoms with Crippen molar-refractivity contribution in [2.24, 2.45) is 0 Å². The molecular weight excluding hydrogens is 445 g/mol. The predicted molar refractivity (Wildman–Crippen MR) is 112 cm³/mol. The van der Waals surface area contributed by atoms with Crippen LogP contribution in [0.5, 0.6) is 0 Å². The first-order chi connectivity index (χ1) is 14.9. The molecule has 2 N–H and O–H groups in total. The lowest BCUT2D eigenvalue weighted by Gasteiger charge is -2.39. The molecule has 4 rings (SSSR count). The average Bonchev–Trinajstić information content (AvgIpc) is 3.21. The minimum Gasteiger partial charge on any atom is -0.378 e. The third kappa shape index (κ3) is 4.90. The second kappa shape index (κ2) is 8.07. The lowest BCUT2D eigenvalue weighted by atomic mass is 10.1. The Morgan fingerprint density at radius 1 is 1.12 bits per heavy atom. The van der Waals surface area contributed by atoms with Crippen molar-refractivity contribution in [2.75, 3.05) is 18.5 Å². The van der Waals surface area contributed by atoms with Crippen molar-refractivity contribution in [2.45, 2.75) is 38.3 Å². The van der Waals surface area contributed by atoms with E-state index < -0.39 is 23.3 Å². The molecule has 0 radical (unpaired) electrons. The molecule has 1 aliphatic heterocycles. The van der Waals surface area contributed by atoms with Crippen molar-refractivity contribution in [1.29, 1.82) is 0 Å². The second-order valence-electron chi connectivity index (χ2n) is 8.01. The minimum atomic E-state index is -4.56. The van der Waals surface area contributed by atoms with Gasteiger partial charge in [0.1, 0.15) is 10.7 Å². The van der Waals surface area contributed by atoms with Crippen LogP contribution in [0.2, 0.25) is 0 Å². The SMILES string of the molecule is Cc1cc(Nc2nccc(C(F)(F)F)n2)cc(-c2cnc(C3(O)COC(C)(C)OC3)s2)c1. The van der Waals surface area contributed by atoms with Crippen LogP contribution in [0, 0.1) is 6.92 Å². The van der Waals surface area contributed by atoms with E-state index in [1.165, 1.54) is 11.3 Å². The van der Waals surface area contributed by atoms with Gasteiger partial charge < -0.3 is 19.9 Å². The largest absolute Gasteiger partial charge is 0.433 e. The molecule has 0 spiro atoms. The van der Waals surface area contributed by atoms with Gasteiger partial charge in [-0.25, -0.2) is 15.0 Å². The number of halogens is 3. The number of anilines is 2. The second-order valence-corrected chi connectivity index (χ2v) is 9.05. The first-order valence-electron chi connectivity index (χ1n) is 9.70. The first kappa shape index (κ1) is 22.6. The quantitative estimate of drug-likeness (QED) is 0.579. The van der Waals surface area contributed by atoms with Crippen molar-refractivity contribution < 1.29 is 27.8 Å². The molecule has 0 amide bonds. The lowest BCUT2D eigenvalue weighted by Crippen LogP contribution is -2.49. The number of thiazole rings is 1. The molecule has 32 heavy (non-hydrogen) atoms. The summed E-state index contributed by atoms with van der Waals surface area (Å²) in [6.07, 6.45) is -1.87. The van der Waals surface area contributed by atoms with Crippen LogP contribution in [-0.2, 0) is 21.3 Å². The Kier molecular flexibility index (Phi) is 5.70. The Bertz CT molecular complexity index is 1120. The number of aryl methyl sites for hydroxylation is 1. The molecule has 1 saturated heterocycles. The highest BCUT2D eigenvalue weighted by Gasteiger charge is 2.42. The van der Waals surface area contributed by atoms with Crippen molar-refractivity contribution in [3.63, 3.8) is 0 Å². The van der Waals surface area contributed by atoms with E-state index in [4.69, 9.17) is 9.47 Å². The molecule has 0 unspecified atom stereocenters. The van der Waals surface area contributed by atoms with Gasteiger partial charge in [0.25, 0.3) is 0 Å². The van der Waals surface area contributed by atoms with Crippen LogP contribution in [0.3, 0.4) is 0 Å². The van der Waals surface area contributed by atoms with Gasteiger partial charge in [0, 0.05) is 18.1 Å². The van der Waals surface area contributed by atoms with Crippen LogP contribution in [0.1, 0.15) is 30.1 Å². The van der Waals surface area contributed by atoms with Crippen LogP contribution in [0.15, 0.2) is 36.7 Å². The van der Waals surface area contributed by atoms with E-state index in [1.54, 1.807) is 32.2 Å². The number of nitrogens with one attached hydrogen (secondary N) is 1. The third-order valence-electron chi connectivity index (χ3n) is 4.78. The Labute approximate surface area is 186 Å². The Morgan fingerprint density at radius 3 is 2.53 bits per heavy atom. The van der Waals surface area contributed by atoms with Gasteiger partial charge >= 0.3 is 6.18 Å². The van der Waals surface area contributed by atoms with Gasteiger partial charge in [0.05, 0.1) is 18.1 Å². The maximum absolute atomic E-state index is 12.9. The number of aliphatic hydroxyl groups is 1. The average molecular weight is 466 g/mol.